The summed E-state index contributed by atoms with van der Waals surface area (Å²) in [5, 5.41) is 4.68. The van der Waals surface area contributed by atoms with Gasteiger partial charge in [0.05, 0.1) is 0 Å². The fourth-order valence-corrected chi connectivity index (χ4v) is 2.57. The number of hydrogen-bond donors (Lipinski definition) is 3. The molecule has 20 heavy (non-hydrogen) atoms. The number of rotatable bonds is 5. The minimum Gasteiger partial charge on any atom is -0.383 e. The van der Waals surface area contributed by atoms with Crippen molar-refractivity contribution in [2.75, 3.05) is 18.0 Å². The molecule has 0 radical (unpaired) electrons. The molecule has 6 nitrogen and oxygen atoms in total. The molecule has 1 unspecified atom stereocenters. The average molecular weight is 290 g/mol. The maximum Gasteiger partial charge on any atom is 0.197 e. The first-order valence-electron chi connectivity index (χ1n) is 6.35. The number of nitrogens with zero attached hydrogens (tertiary/aromatic N) is 3. The van der Waals surface area contributed by atoms with E-state index in [2.05, 4.69) is 34.1 Å². The lowest BCUT2D eigenvalue weighted by Gasteiger charge is -2.13. The van der Waals surface area contributed by atoms with Gasteiger partial charge in [0.1, 0.15) is 16.7 Å². The van der Waals surface area contributed by atoms with Gasteiger partial charge < -0.3 is 16.8 Å². The van der Waals surface area contributed by atoms with Gasteiger partial charge in [-0.3, -0.25) is 0 Å². The number of pyridine rings is 1. The van der Waals surface area contributed by atoms with Crippen molar-refractivity contribution >= 4 is 23.4 Å². The first kappa shape index (κ1) is 14.5. The Morgan fingerprint density at radius 3 is 2.60 bits per heavy atom. The topological polar surface area (TPSA) is 103 Å². The Bertz CT molecular complexity index is 569. The van der Waals surface area contributed by atoms with E-state index in [1.165, 1.54) is 23.4 Å². The number of nitrogens with one attached hydrogen (secondary N) is 1. The molecule has 0 fully saturated rings. The Kier molecular flexibility index (Phi) is 4.75. The Balaban J connectivity index is 2.19. The quantitative estimate of drug-likeness (QED) is 0.722. The lowest BCUT2D eigenvalue weighted by atomic mass is 10.1. The van der Waals surface area contributed by atoms with Crippen LogP contribution in [-0.4, -0.2) is 21.5 Å². The van der Waals surface area contributed by atoms with Gasteiger partial charge in [0.25, 0.3) is 0 Å². The van der Waals surface area contributed by atoms with E-state index in [4.69, 9.17) is 11.5 Å². The van der Waals surface area contributed by atoms with Gasteiger partial charge in [-0.2, -0.15) is 0 Å². The van der Waals surface area contributed by atoms with Crippen molar-refractivity contribution in [1.29, 1.82) is 0 Å². The van der Waals surface area contributed by atoms with E-state index < -0.39 is 0 Å². The van der Waals surface area contributed by atoms with Crippen molar-refractivity contribution in [2.45, 2.75) is 30.1 Å². The average Bonchev–Trinajstić information content (AvgIpc) is 2.38. The fraction of sp³-hybridized carbons (Fsp3) is 0.308. The molecule has 0 aliphatic heterocycles. The molecule has 2 rings (SSSR count). The minimum absolute atomic E-state index is 0.272. The van der Waals surface area contributed by atoms with Crippen molar-refractivity contribution in [3.05, 3.63) is 30.0 Å². The van der Waals surface area contributed by atoms with Gasteiger partial charge in [-0.05, 0) is 42.9 Å². The van der Waals surface area contributed by atoms with Gasteiger partial charge in [-0.15, -0.1) is 0 Å². The first-order valence-corrected chi connectivity index (χ1v) is 7.17. The van der Waals surface area contributed by atoms with E-state index >= 15 is 0 Å². The van der Waals surface area contributed by atoms with Crippen molar-refractivity contribution in [2.24, 2.45) is 0 Å². The van der Waals surface area contributed by atoms with Crippen LogP contribution in [0.25, 0.3) is 0 Å². The van der Waals surface area contributed by atoms with E-state index in [-0.39, 0.29) is 6.04 Å². The second-order valence-electron chi connectivity index (χ2n) is 4.31. The van der Waals surface area contributed by atoms with E-state index in [1.807, 2.05) is 12.1 Å². The number of hydrogen-bond acceptors (Lipinski definition) is 7. The molecule has 0 saturated carbocycles. The number of nitrogen functional groups attached to an aromatic ring is 2. The summed E-state index contributed by atoms with van der Waals surface area (Å²) in [5.74, 6) is 0.717. The Labute approximate surface area is 122 Å². The highest BCUT2D eigenvalue weighted by Gasteiger charge is 2.08. The summed E-state index contributed by atoms with van der Waals surface area (Å²) in [7, 11) is 0. The van der Waals surface area contributed by atoms with E-state index in [0.717, 1.165) is 11.6 Å². The summed E-state index contributed by atoms with van der Waals surface area (Å²) in [6, 6.07) is 5.81. The molecule has 2 aromatic rings. The molecular weight excluding hydrogens is 272 g/mol. The lowest BCUT2D eigenvalue weighted by Crippen LogP contribution is -2.17. The van der Waals surface area contributed by atoms with E-state index in [0.29, 0.717) is 16.8 Å². The fourth-order valence-electron chi connectivity index (χ4n) is 1.78. The molecule has 2 aromatic heterocycles. The van der Waals surface area contributed by atoms with Gasteiger partial charge >= 0.3 is 0 Å². The monoisotopic (exact) mass is 290 g/mol. The Morgan fingerprint density at radius 2 is 1.95 bits per heavy atom. The molecule has 0 spiro atoms. The van der Waals surface area contributed by atoms with Crippen molar-refractivity contribution in [1.82, 2.24) is 20.3 Å². The third-order valence-electron chi connectivity index (χ3n) is 2.71. The van der Waals surface area contributed by atoms with Crippen LogP contribution in [0.1, 0.15) is 25.5 Å². The lowest BCUT2D eigenvalue weighted by molar-refractivity contribution is 0.596. The van der Waals surface area contributed by atoms with Gasteiger partial charge in [0, 0.05) is 18.3 Å². The van der Waals surface area contributed by atoms with Crippen LogP contribution in [0.15, 0.2) is 34.6 Å². The zero-order valence-electron chi connectivity index (χ0n) is 11.5. The molecule has 0 amide bonds. The highest BCUT2D eigenvalue weighted by Crippen LogP contribution is 2.26. The van der Waals surface area contributed by atoms with Gasteiger partial charge in [-0.1, -0.05) is 6.92 Å². The number of aromatic nitrogens is 3. The van der Waals surface area contributed by atoms with Gasteiger partial charge in [-0.25, -0.2) is 15.0 Å². The summed E-state index contributed by atoms with van der Waals surface area (Å²) in [6.07, 6.45) is 1.78. The first-order chi connectivity index (χ1) is 9.58. The molecule has 0 aliphatic carbocycles. The normalized spacial score (nSPS) is 12.3. The van der Waals surface area contributed by atoms with Crippen molar-refractivity contribution < 1.29 is 0 Å². The van der Waals surface area contributed by atoms with Crippen LogP contribution >= 0.6 is 11.8 Å². The Hall–Kier alpha value is -1.86. The van der Waals surface area contributed by atoms with Crippen LogP contribution in [0.5, 0.6) is 0 Å². The van der Waals surface area contributed by atoms with E-state index in [1.54, 1.807) is 6.20 Å². The SMILES string of the molecule is CCNC(C)c1ccnc(Sc2nc(N)cc(N)n2)c1. The highest BCUT2D eigenvalue weighted by atomic mass is 32.2. The van der Waals surface area contributed by atoms with Crippen LogP contribution in [0.2, 0.25) is 0 Å². The second kappa shape index (κ2) is 6.53. The van der Waals surface area contributed by atoms with Crippen molar-refractivity contribution in [3.63, 3.8) is 0 Å². The molecule has 0 saturated heterocycles. The van der Waals surface area contributed by atoms with Gasteiger partial charge in [0.2, 0.25) is 0 Å². The van der Waals surface area contributed by atoms with Crippen LogP contribution in [0.3, 0.4) is 0 Å². The van der Waals surface area contributed by atoms with Crippen LogP contribution in [-0.2, 0) is 0 Å². The van der Waals surface area contributed by atoms with Crippen LogP contribution in [0.4, 0.5) is 11.6 Å². The third-order valence-corrected chi connectivity index (χ3v) is 3.51. The maximum absolute atomic E-state index is 5.66. The molecule has 0 bridgehead atoms. The molecule has 2 heterocycles. The molecule has 1 atom stereocenters. The summed E-state index contributed by atoms with van der Waals surface area (Å²) in [5.41, 5.74) is 12.5. The summed E-state index contributed by atoms with van der Waals surface area (Å²) in [6.45, 7) is 5.11. The molecule has 5 N–H and O–H groups in total. The smallest absolute Gasteiger partial charge is 0.197 e. The predicted octanol–water partition coefficient (Wildman–Crippen LogP) is 1.86. The van der Waals surface area contributed by atoms with E-state index in [9.17, 15) is 0 Å². The maximum atomic E-state index is 5.66. The zero-order valence-corrected chi connectivity index (χ0v) is 12.3. The van der Waals surface area contributed by atoms with Crippen LogP contribution < -0.4 is 16.8 Å². The van der Waals surface area contributed by atoms with Crippen molar-refractivity contribution in [3.8, 4) is 0 Å². The third kappa shape index (κ3) is 3.82. The zero-order chi connectivity index (χ0) is 14.5. The summed E-state index contributed by atoms with van der Waals surface area (Å²) < 4.78 is 0. The molecule has 7 heteroatoms. The van der Waals surface area contributed by atoms with Gasteiger partial charge in [0.15, 0.2) is 5.16 Å². The standard InChI is InChI=1S/C13H18N6S/c1-3-16-8(2)9-4-5-17-12(6-9)20-13-18-10(14)7-11(15)19-13/h4-8,16H,3H2,1-2H3,(H4,14,15,18,19). The minimum atomic E-state index is 0.272. The molecular formula is C13H18N6S. The Morgan fingerprint density at radius 1 is 1.25 bits per heavy atom. The molecule has 106 valence electrons. The second-order valence-corrected chi connectivity index (χ2v) is 5.30. The summed E-state index contributed by atoms with van der Waals surface area (Å²) in [4.78, 5) is 12.6. The van der Waals surface area contributed by atoms with Crippen LogP contribution in [0, 0.1) is 0 Å². The summed E-state index contributed by atoms with van der Waals surface area (Å²) >= 11 is 1.34. The highest BCUT2D eigenvalue weighted by molar-refractivity contribution is 7.99. The largest absolute Gasteiger partial charge is 0.383 e. The molecule has 0 aliphatic rings. The molecule has 0 aromatic carbocycles. The number of nitrogens with two attached hydrogens (primary N) is 2. The predicted molar refractivity (Wildman–Crippen MR) is 81.3 cm³/mol. The number of anilines is 2.